The molecule has 0 saturated heterocycles. The molecule has 0 spiro atoms. The number of hydrogen-bond donors (Lipinski definition) is 0. The molecular weight excluding hydrogens is 172 g/mol. The molecule has 0 aromatic heterocycles. The van der Waals surface area contributed by atoms with Gasteiger partial charge in [0.25, 0.3) is 0 Å². The fraction of sp³-hybridized carbons (Fsp3) is 0.167. The Morgan fingerprint density at radius 3 is 2.23 bits per heavy atom. The van der Waals surface area contributed by atoms with Gasteiger partial charge < -0.3 is 0 Å². The van der Waals surface area contributed by atoms with Gasteiger partial charge in [0.2, 0.25) is 0 Å². The van der Waals surface area contributed by atoms with Crippen molar-refractivity contribution in [2.24, 2.45) is 0 Å². The summed E-state index contributed by atoms with van der Waals surface area (Å²) in [5.41, 5.74) is 3.78. The van der Waals surface area contributed by atoms with Crippen LogP contribution in [-0.2, 0) is 0 Å². The minimum Gasteiger partial charge on any atom is -0.0903 e. The second-order valence-electron chi connectivity index (χ2n) is 4.03. The predicted octanol–water partition coefficient (Wildman–Crippen LogP) is 3.43. The van der Waals surface area contributed by atoms with Crippen molar-refractivity contribution in [1.29, 1.82) is 0 Å². The molecule has 0 amide bonds. The van der Waals surface area contributed by atoms with Gasteiger partial charge in [-0.25, -0.2) is 0 Å². The third-order valence-electron chi connectivity index (χ3n) is 2.55. The number of benzene rings is 1. The third-order valence-corrected chi connectivity index (χ3v) is 5.42. The molecule has 0 radical (unpaired) electrons. The molecule has 0 nitrogen and oxygen atoms in total. The van der Waals surface area contributed by atoms with Gasteiger partial charge in [0.15, 0.2) is 0 Å². The topological polar surface area (TPSA) is 0 Å². The Bertz CT molecular complexity index is 358. The molecule has 0 unspecified atom stereocenters. The summed E-state index contributed by atoms with van der Waals surface area (Å²) in [6, 6.07) is 10.7. The molecule has 13 heavy (non-hydrogen) atoms. The zero-order valence-corrected chi connectivity index (χ0v) is 9.12. The van der Waals surface area contributed by atoms with Crippen LogP contribution in [0.1, 0.15) is 5.56 Å². The van der Waals surface area contributed by atoms with Crippen LogP contribution in [0.5, 0.6) is 0 Å². The van der Waals surface area contributed by atoms with E-state index in [0.717, 1.165) is 0 Å². The van der Waals surface area contributed by atoms with Gasteiger partial charge in [0.05, 0.1) is 0 Å². The Hall–Kier alpha value is -1.08. The van der Waals surface area contributed by atoms with Crippen molar-refractivity contribution in [1.82, 2.24) is 0 Å². The van der Waals surface area contributed by atoms with Gasteiger partial charge in [0.1, 0.15) is 8.07 Å². The monoisotopic (exact) mass is 186 g/mol. The molecule has 1 heteroatoms. The van der Waals surface area contributed by atoms with E-state index in [0.29, 0.717) is 0 Å². The lowest BCUT2D eigenvalue weighted by Crippen LogP contribution is -2.22. The number of rotatable bonds is 1. The van der Waals surface area contributed by atoms with E-state index in [9.17, 15) is 0 Å². The maximum absolute atomic E-state index is 2.38. The van der Waals surface area contributed by atoms with Crippen molar-refractivity contribution in [2.45, 2.75) is 13.1 Å². The molecule has 1 aliphatic heterocycles. The summed E-state index contributed by atoms with van der Waals surface area (Å²) >= 11 is 0. The van der Waals surface area contributed by atoms with Crippen molar-refractivity contribution in [3.8, 4) is 0 Å². The molecule has 0 atom stereocenters. The van der Waals surface area contributed by atoms with Crippen molar-refractivity contribution in [3.63, 3.8) is 0 Å². The van der Waals surface area contributed by atoms with Gasteiger partial charge in [0, 0.05) is 0 Å². The maximum atomic E-state index is 2.38. The summed E-state index contributed by atoms with van der Waals surface area (Å²) in [5.74, 6) is 0. The van der Waals surface area contributed by atoms with Crippen LogP contribution in [0.25, 0.3) is 5.20 Å². The molecule has 1 heterocycles. The molecule has 2 rings (SSSR count). The molecule has 0 bridgehead atoms. The molecule has 0 aliphatic carbocycles. The van der Waals surface area contributed by atoms with Gasteiger partial charge in [-0.05, 0) is 10.8 Å². The third kappa shape index (κ3) is 1.52. The first-order chi connectivity index (χ1) is 6.20. The van der Waals surface area contributed by atoms with Crippen molar-refractivity contribution < 1.29 is 0 Å². The van der Waals surface area contributed by atoms with E-state index < -0.39 is 8.07 Å². The fourth-order valence-electron chi connectivity index (χ4n) is 1.78. The van der Waals surface area contributed by atoms with Crippen molar-refractivity contribution in [2.75, 3.05) is 0 Å². The second kappa shape index (κ2) is 3.00. The van der Waals surface area contributed by atoms with Crippen molar-refractivity contribution >= 4 is 13.3 Å². The highest BCUT2D eigenvalue weighted by molar-refractivity contribution is 6.99. The standard InChI is InChI=1S/C12H14Si/c1-13(2)10-6-9-12(13)11-7-4-3-5-8-11/h3-10H,1-2H3. The minimum atomic E-state index is -1.23. The van der Waals surface area contributed by atoms with Crippen LogP contribution in [0.4, 0.5) is 0 Å². The van der Waals surface area contributed by atoms with E-state index in [2.05, 4.69) is 61.3 Å². The molecule has 0 saturated carbocycles. The molecular formula is C12H14Si. The van der Waals surface area contributed by atoms with E-state index >= 15 is 0 Å². The van der Waals surface area contributed by atoms with Crippen LogP contribution in [0.2, 0.25) is 13.1 Å². The van der Waals surface area contributed by atoms with E-state index in [4.69, 9.17) is 0 Å². The van der Waals surface area contributed by atoms with Crippen LogP contribution in [-0.4, -0.2) is 8.07 Å². The first-order valence-electron chi connectivity index (χ1n) is 4.65. The Morgan fingerprint density at radius 1 is 1.00 bits per heavy atom. The van der Waals surface area contributed by atoms with E-state index in [-0.39, 0.29) is 0 Å². The summed E-state index contributed by atoms with van der Waals surface area (Å²) in [6.45, 7) is 4.77. The van der Waals surface area contributed by atoms with Crippen LogP contribution in [0, 0.1) is 0 Å². The second-order valence-corrected chi connectivity index (χ2v) is 8.34. The van der Waals surface area contributed by atoms with Gasteiger partial charge in [-0.3, -0.25) is 0 Å². The molecule has 1 aromatic carbocycles. The SMILES string of the molecule is C[Si]1(C)C=CC=C1c1ccccc1. The highest BCUT2D eigenvalue weighted by Gasteiger charge is 2.26. The lowest BCUT2D eigenvalue weighted by atomic mass is 10.2. The zero-order chi connectivity index (χ0) is 9.31. The normalized spacial score (nSPS) is 18.8. The largest absolute Gasteiger partial charge is 0.104 e. The van der Waals surface area contributed by atoms with E-state index in [1.165, 1.54) is 5.56 Å². The Labute approximate surface area is 80.6 Å². The summed E-state index contributed by atoms with van der Waals surface area (Å²) in [6.07, 6.45) is 4.47. The highest BCUT2D eigenvalue weighted by atomic mass is 28.3. The van der Waals surface area contributed by atoms with Crippen LogP contribution >= 0.6 is 0 Å². The lowest BCUT2D eigenvalue weighted by Gasteiger charge is -2.18. The summed E-state index contributed by atoms with van der Waals surface area (Å²) in [5, 5.41) is 1.55. The quantitative estimate of drug-likeness (QED) is 0.589. The predicted molar refractivity (Wildman–Crippen MR) is 61.0 cm³/mol. The Kier molecular flexibility index (Phi) is 1.96. The van der Waals surface area contributed by atoms with Gasteiger partial charge in [-0.15, -0.1) is 0 Å². The molecule has 1 aromatic rings. The Morgan fingerprint density at radius 2 is 1.69 bits per heavy atom. The molecule has 0 N–H and O–H groups in total. The average molecular weight is 186 g/mol. The van der Waals surface area contributed by atoms with Crippen LogP contribution in [0.15, 0.2) is 48.2 Å². The van der Waals surface area contributed by atoms with Gasteiger partial charge in [-0.2, -0.15) is 0 Å². The maximum Gasteiger partial charge on any atom is 0.104 e. The van der Waals surface area contributed by atoms with Crippen LogP contribution in [0.3, 0.4) is 0 Å². The molecule has 0 fully saturated rings. The first-order valence-corrected chi connectivity index (χ1v) is 7.73. The average Bonchev–Trinajstić information content (AvgIpc) is 2.47. The van der Waals surface area contributed by atoms with E-state index in [1.807, 2.05) is 0 Å². The molecule has 1 aliphatic rings. The first kappa shape index (κ1) is 8.51. The van der Waals surface area contributed by atoms with Gasteiger partial charge in [-0.1, -0.05) is 61.3 Å². The number of allylic oxidation sites excluding steroid dienone is 2. The summed E-state index contributed by atoms with van der Waals surface area (Å²) in [4.78, 5) is 0. The molecule has 66 valence electrons. The van der Waals surface area contributed by atoms with Crippen molar-refractivity contribution in [3.05, 3.63) is 53.7 Å². The zero-order valence-electron chi connectivity index (χ0n) is 8.12. The lowest BCUT2D eigenvalue weighted by molar-refractivity contribution is 1.63. The summed E-state index contributed by atoms with van der Waals surface area (Å²) < 4.78 is 0. The summed E-state index contributed by atoms with van der Waals surface area (Å²) in [7, 11) is -1.23. The smallest absolute Gasteiger partial charge is 0.0903 e. The van der Waals surface area contributed by atoms with Gasteiger partial charge >= 0.3 is 0 Å². The highest BCUT2D eigenvalue weighted by Crippen LogP contribution is 2.30. The van der Waals surface area contributed by atoms with Crippen LogP contribution < -0.4 is 0 Å². The van der Waals surface area contributed by atoms with E-state index in [1.54, 1.807) is 5.20 Å². The Balaban J connectivity index is 2.40. The minimum absolute atomic E-state index is 1.23. The number of hydrogen-bond acceptors (Lipinski definition) is 0. The fourth-order valence-corrected chi connectivity index (χ4v) is 3.97.